The van der Waals surface area contributed by atoms with Gasteiger partial charge in [-0.25, -0.2) is 15.0 Å². The van der Waals surface area contributed by atoms with Crippen LogP contribution in [0.1, 0.15) is 24.2 Å². The molecule has 0 spiro atoms. The van der Waals surface area contributed by atoms with Crippen molar-refractivity contribution in [2.45, 2.75) is 24.9 Å². The number of hydrogen-bond donors (Lipinski definition) is 0. The predicted molar refractivity (Wildman–Crippen MR) is 100 cm³/mol. The molecule has 2 aromatic rings. The van der Waals surface area contributed by atoms with Crippen molar-refractivity contribution in [3.05, 3.63) is 42.0 Å². The highest BCUT2D eigenvalue weighted by atomic mass is 16.5. The summed E-state index contributed by atoms with van der Waals surface area (Å²) in [5, 5.41) is 9.27. The molecule has 2 saturated heterocycles. The first-order valence-corrected chi connectivity index (χ1v) is 9.03. The van der Waals surface area contributed by atoms with Crippen LogP contribution < -0.4 is 9.64 Å². The van der Waals surface area contributed by atoms with Crippen LogP contribution in [0.15, 0.2) is 30.6 Å². The molecule has 2 aliphatic rings. The SMILES string of the molecule is COc1cccc(C#C[C@@H]2CC[C@@H]3CN(c4nccnc4C#N)CCN32)n1. The molecule has 0 unspecified atom stereocenters. The summed E-state index contributed by atoms with van der Waals surface area (Å²) >= 11 is 0. The van der Waals surface area contributed by atoms with Crippen molar-refractivity contribution in [1.29, 1.82) is 5.26 Å². The van der Waals surface area contributed by atoms with E-state index in [9.17, 15) is 5.26 Å². The van der Waals surface area contributed by atoms with Crippen LogP contribution >= 0.6 is 0 Å². The number of hydrogen-bond acceptors (Lipinski definition) is 7. The zero-order chi connectivity index (χ0) is 18.6. The molecule has 2 fully saturated rings. The molecular formula is C20H20N6O. The number of ether oxygens (including phenoxy) is 1. The number of anilines is 1. The van der Waals surface area contributed by atoms with Gasteiger partial charge in [-0.15, -0.1) is 0 Å². The molecule has 0 radical (unpaired) electrons. The molecule has 0 N–H and O–H groups in total. The molecule has 7 heteroatoms. The van der Waals surface area contributed by atoms with Crippen molar-refractivity contribution >= 4 is 5.82 Å². The van der Waals surface area contributed by atoms with Gasteiger partial charge in [0, 0.05) is 44.1 Å². The van der Waals surface area contributed by atoms with E-state index >= 15 is 0 Å². The van der Waals surface area contributed by atoms with Crippen molar-refractivity contribution in [3.8, 4) is 23.8 Å². The Hall–Kier alpha value is -3.16. The van der Waals surface area contributed by atoms with Crippen molar-refractivity contribution in [1.82, 2.24) is 19.9 Å². The van der Waals surface area contributed by atoms with Gasteiger partial charge in [-0.2, -0.15) is 5.26 Å². The maximum atomic E-state index is 9.27. The topological polar surface area (TPSA) is 78.2 Å². The standard InChI is InChI=1S/C20H20N6O/c1-27-19-4-2-3-15(24-19)5-6-16-7-8-17-14-25(11-12-26(16)17)20-18(13-21)22-9-10-23-20/h2-4,9-10,16-17H,7-8,11-12,14H2,1H3/t16-,17-/m1/s1. The third-order valence-electron chi connectivity index (χ3n) is 5.09. The number of aromatic nitrogens is 3. The molecule has 0 aromatic carbocycles. The van der Waals surface area contributed by atoms with E-state index in [2.05, 4.69) is 42.7 Å². The van der Waals surface area contributed by atoms with Gasteiger partial charge in [0.25, 0.3) is 0 Å². The molecule has 0 saturated carbocycles. The van der Waals surface area contributed by atoms with Crippen LogP contribution in [0.25, 0.3) is 0 Å². The summed E-state index contributed by atoms with van der Waals surface area (Å²) in [7, 11) is 1.61. The average molecular weight is 360 g/mol. The average Bonchev–Trinajstić information content (AvgIpc) is 3.14. The van der Waals surface area contributed by atoms with Gasteiger partial charge in [0.1, 0.15) is 11.8 Å². The fraction of sp³-hybridized carbons (Fsp3) is 0.400. The Morgan fingerprint density at radius 1 is 1.19 bits per heavy atom. The Morgan fingerprint density at radius 2 is 2.07 bits per heavy atom. The predicted octanol–water partition coefficient (Wildman–Crippen LogP) is 1.46. The first-order valence-electron chi connectivity index (χ1n) is 9.03. The normalized spacial score (nSPS) is 21.7. The lowest BCUT2D eigenvalue weighted by Crippen LogP contribution is -2.52. The summed E-state index contributed by atoms with van der Waals surface area (Å²) < 4.78 is 5.16. The van der Waals surface area contributed by atoms with Gasteiger partial charge < -0.3 is 9.64 Å². The van der Waals surface area contributed by atoms with Crippen LogP contribution in [0.4, 0.5) is 5.82 Å². The second kappa shape index (κ2) is 7.61. The minimum absolute atomic E-state index is 0.238. The molecule has 27 heavy (non-hydrogen) atoms. The molecule has 0 amide bonds. The zero-order valence-electron chi connectivity index (χ0n) is 15.2. The van der Waals surface area contributed by atoms with Crippen molar-refractivity contribution < 1.29 is 4.74 Å². The minimum Gasteiger partial charge on any atom is -0.481 e. The van der Waals surface area contributed by atoms with Crippen molar-refractivity contribution in [3.63, 3.8) is 0 Å². The molecule has 4 heterocycles. The van der Waals surface area contributed by atoms with Crippen molar-refractivity contribution in [2.75, 3.05) is 31.6 Å². The lowest BCUT2D eigenvalue weighted by atomic mass is 10.1. The molecule has 7 nitrogen and oxygen atoms in total. The highest BCUT2D eigenvalue weighted by Crippen LogP contribution is 2.29. The van der Waals surface area contributed by atoms with E-state index in [1.54, 1.807) is 19.5 Å². The Balaban J connectivity index is 1.46. The number of fused-ring (bicyclic) bond motifs is 1. The van der Waals surface area contributed by atoms with E-state index < -0.39 is 0 Å². The number of pyridine rings is 1. The van der Waals surface area contributed by atoms with E-state index in [0.29, 0.717) is 23.4 Å². The fourth-order valence-electron chi connectivity index (χ4n) is 3.80. The van der Waals surface area contributed by atoms with Crippen LogP contribution in [-0.2, 0) is 0 Å². The first-order chi connectivity index (χ1) is 13.3. The van der Waals surface area contributed by atoms with Gasteiger partial charge in [0.2, 0.25) is 5.88 Å². The molecule has 4 rings (SSSR count). The molecule has 0 aliphatic carbocycles. The summed E-state index contributed by atoms with van der Waals surface area (Å²) in [6.45, 7) is 2.57. The van der Waals surface area contributed by atoms with Gasteiger partial charge >= 0.3 is 0 Å². The highest BCUT2D eigenvalue weighted by Gasteiger charge is 2.37. The summed E-state index contributed by atoms with van der Waals surface area (Å²) in [4.78, 5) is 17.5. The minimum atomic E-state index is 0.238. The Bertz CT molecular complexity index is 928. The van der Waals surface area contributed by atoms with E-state index in [4.69, 9.17) is 4.74 Å². The van der Waals surface area contributed by atoms with E-state index in [1.807, 2.05) is 18.2 Å². The highest BCUT2D eigenvalue weighted by molar-refractivity contribution is 5.50. The number of rotatable bonds is 2. The Labute approximate surface area is 158 Å². The Morgan fingerprint density at radius 3 is 2.93 bits per heavy atom. The number of methoxy groups -OCH3 is 1. The van der Waals surface area contributed by atoms with Gasteiger partial charge in [0.05, 0.1) is 13.2 Å². The van der Waals surface area contributed by atoms with Crippen LogP contribution in [0.2, 0.25) is 0 Å². The zero-order valence-corrected chi connectivity index (χ0v) is 15.2. The second-order valence-corrected chi connectivity index (χ2v) is 6.61. The largest absolute Gasteiger partial charge is 0.481 e. The van der Waals surface area contributed by atoms with Crippen molar-refractivity contribution in [2.24, 2.45) is 0 Å². The first kappa shape index (κ1) is 17.3. The van der Waals surface area contributed by atoms with Gasteiger partial charge in [-0.05, 0) is 24.8 Å². The molecule has 2 aliphatic heterocycles. The quantitative estimate of drug-likeness (QED) is 0.750. The maximum absolute atomic E-state index is 9.27. The van der Waals surface area contributed by atoms with E-state index in [1.165, 1.54) is 0 Å². The fourth-order valence-corrected chi connectivity index (χ4v) is 3.80. The van der Waals surface area contributed by atoms with Crippen LogP contribution in [0, 0.1) is 23.2 Å². The molecule has 136 valence electrons. The third-order valence-corrected chi connectivity index (χ3v) is 5.09. The smallest absolute Gasteiger partial charge is 0.214 e. The number of nitriles is 1. The summed E-state index contributed by atoms with van der Waals surface area (Å²) in [6.07, 6.45) is 5.34. The molecule has 2 aromatic heterocycles. The monoisotopic (exact) mass is 360 g/mol. The molecule has 0 bridgehead atoms. The van der Waals surface area contributed by atoms with Gasteiger partial charge in [-0.3, -0.25) is 4.90 Å². The lowest BCUT2D eigenvalue weighted by Gasteiger charge is -2.39. The van der Waals surface area contributed by atoms with E-state index in [-0.39, 0.29) is 6.04 Å². The van der Waals surface area contributed by atoms with Crippen LogP contribution in [0.5, 0.6) is 5.88 Å². The number of nitrogens with zero attached hydrogens (tertiary/aromatic N) is 6. The third kappa shape index (κ3) is 3.55. The second-order valence-electron chi connectivity index (χ2n) is 6.61. The molecular weight excluding hydrogens is 340 g/mol. The summed E-state index contributed by atoms with van der Waals surface area (Å²) in [5.74, 6) is 7.85. The molecule has 2 atom stereocenters. The van der Waals surface area contributed by atoms with Gasteiger partial charge in [0.15, 0.2) is 11.5 Å². The summed E-state index contributed by atoms with van der Waals surface area (Å²) in [5.41, 5.74) is 1.12. The Kier molecular flexibility index (Phi) is 4.86. The van der Waals surface area contributed by atoms with Gasteiger partial charge in [-0.1, -0.05) is 12.0 Å². The summed E-state index contributed by atoms with van der Waals surface area (Å²) in [6, 6.07) is 8.42. The maximum Gasteiger partial charge on any atom is 0.214 e. The van der Waals surface area contributed by atoms with E-state index in [0.717, 1.165) is 38.2 Å². The number of piperazine rings is 1. The van der Waals surface area contributed by atoms with Crippen LogP contribution in [-0.4, -0.2) is 58.7 Å². The lowest BCUT2D eigenvalue weighted by molar-refractivity contribution is 0.202. The van der Waals surface area contributed by atoms with Crippen LogP contribution in [0.3, 0.4) is 0 Å².